The fourth-order valence-electron chi connectivity index (χ4n) is 1.75. The van der Waals surface area contributed by atoms with E-state index >= 15 is 0 Å². The Bertz CT molecular complexity index is 615. The number of benzene rings is 1. The largest absolute Gasteiger partial charge is 0.398 e. The Morgan fingerprint density at radius 1 is 1.43 bits per heavy atom. The first-order valence-electron chi connectivity index (χ1n) is 6.92. The summed E-state index contributed by atoms with van der Waals surface area (Å²) in [5.41, 5.74) is 9.30. The maximum atomic E-state index is 12.9. The summed E-state index contributed by atoms with van der Waals surface area (Å²) in [6.45, 7) is 8.97. The van der Waals surface area contributed by atoms with Crippen LogP contribution in [0.5, 0.6) is 0 Å². The minimum atomic E-state index is -0.249. The van der Waals surface area contributed by atoms with Gasteiger partial charge in [-0.25, -0.2) is 4.39 Å². The maximum Gasteiger partial charge on any atom is 0.0932 e. The van der Waals surface area contributed by atoms with Gasteiger partial charge in [-0.15, -0.1) is 0 Å². The van der Waals surface area contributed by atoms with E-state index < -0.39 is 0 Å². The first kappa shape index (κ1) is 20.7. The van der Waals surface area contributed by atoms with Crippen molar-refractivity contribution in [3.05, 3.63) is 66.7 Å². The Balaban J connectivity index is 0.00000232. The lowest BCUT2D eigenvalue weighted by atomic mass is 9.99. The molecule has 0 aliphatic heterocycles. The molecule has 0 bridgehead atoms. The smallest absolute Gasteiger partial charge is 0.0932 e. The van der Waals surface area contributed by atoms with Crippen molar-refractivity contribution in [2.24, 2.45) is 0 Å². The number of hydrogen-bond acceptors (Lipinski definition) is 4. The van der Waals surface area contributed by atoms with Crippen LogP contribution in [0.3, 0.4) is 0 Å². The molecule has 23 heavy (non-hydrogen) atoms. The summed E-state index contributed by atoms with van der Waals surface area (Å²) < 4.78 is 12.9. The van der Waals surface area contributed by atoms with E-state index in [9.17, 15) is 4.39 Å². The average Bonchev–Trinajstić information content (AvgIpc) is 2.55. The zero-order valence-electron chi connectivity index (χ0n) is 13.6. The van der Waals surface area contributed by atoms with Crippen LogP contribution < -0.4 is 11.1 Å². The van der Waals surface area contributed by atoms with E-state index in [0.717, 1.165) is 16.8 Å². The van der Waals surface area contributed by atoms with Crippen LogP contribution in [-0.4, -0.2) is 12.5 Å². The highest BCUT2D eigenvalue weighted by Gasteiger charge is 2.09. The first-order chi connectivity index (χ1) is 11.0. The second-order valence-electron chi connectivity index (χ2n) is 4.51. The third-order valence-corrected chi connectivity index (χ3v) is 2.86. The second kappa shape index (κ2) is 11.3. The van der Waals surface area contributed by atoms with E-state index in [-0.39, 0.29) is 5.83 Å². The lowest BCUT2D eigenvalue weighted by molar-refractivity contribution is 0.636. The van der Waals surface area contributed by atoms with Crippen LogP contribution in [-0.2, 0) is 0 Å². The van der Waals surface area contributed by atoms with E-state index in [4.69, 9.17) is 11.1 Å². The second-order valence-corrected chi connectivity index (χ2v) is 4.51. The summed E-state index contributed by atoms with van der Waals surface area (Å²) in [7, 11) is 0. The van der Waals surface area contributed by atoms with Crippen molar-refractivity contribution in [3.8, 4) is 0 Å². The first-order valence-corrected chi connectivity index (χ1v) is 7.82. The number of nitrogens with two attached hydrogens (primary N) is 1. The van der Waals surface area contributed by atoms with Gasteiger partial charge in [-0.1, -0.05) is 19.2 Å². The van der Waals surface area contributed by atoms with E-state index in [2.05, 4.69) is 31.1 Å². The minimum Gasteiger partial charge on any atom is -0.398 e. The molecular formula is C18H24FN3S. The van der Waals surface area contributed by atoms with Crippen LogP contribution in [0.25, 0.3) is 5.57 Å². The molecule has 0 fully saturated rings. The van der Waals surface area contributed by atoms with Crippen molar-refractivity contribution in [2.45, 2.75) is 13.3 Å². The quantitative estimate of drug-likeness (QED) is 0.240. The predicted octanol–water partition coefficient (Wildman–Crippen LogP) is 5.20. The summed E-state index contributed by atoms with van der Waals surface area (Å²) in [5, 5.41) is 10.5. The van der Waals surface area contributed by atoms with Crippen molar-refractivity contribution in [2.75, 3.05) is 17.3 Å². The van der Waals surface area contributed by atoms with Crippen LogP contribution in [0.15, 0.2) is 55.5 Å². The molecule has 0 unspecified atom stereocenters. The fourth-order valence-corrected chi connectivity index (χ4v) is 1.75. The molecule has 124 valence electrons. The molecule has 0 amide bonds. The van der Waals surface area contributed by atoms with E-state index in [1.165, 1.54) is 19.2 Å². The van der Waals surface area contributed by atoms with Gasteiger partial charge in [-0.2, -0.15) is 12.6 Å². The minimum absolute atomic E-state index is 0.249. The van der Waals surface area contributed by atoms with Crippen LogP contribution in [0.2, 0.25) is 0 Å². The number of nitrogens with one attached hydrogen (secondary N) is 2. The summed E-state index contributed by atoms with van der Waals surface area (Å²) in [4.78, 5) is 0. The monoisotopic (exact) mass is 333 g/mol. The van der Waals surface area contributed by atoms with Gasteiger partial charge in [0.05, 0.1) is 5.83 Å². The summed E-state index contributed by atoms with van der Waals surface area (Å²) in [5.74, 6) is -0.249. The number of rotatable bonds is 7. The van der Waals surface area contributed by atoms with E-state index in [1.807, 2.05) is 0 Å². The highest BCUT2D eigenvalue weighted by atomic mass is 32.1. The molecule has 1 aromatic rings. The third-order valence-electron chi connectivity index (χ3n) is 2.86. The Hall–Kier alpha value is -2.27. The number of anilines is 2. The van der Waals surface area contributed by atoms with Crippen molar-refractivity contribution in [3.63, 3.8) is 0 Å². The average molecular weight is 333 g/mol. The molecular weight excluding hydrogens is 309 g/mol. The van der Waals surface area contributed by atoms with Gasteiger partial charge in [-0.3, -0.25) is 0 Å². The molecule has 0 radical (unpaired) electrons. The molecule has 0 aromatic heterocycles. The Morgan fingerprint density at radius 2 is 2.09 bits per heavy atom. The number of thiol groups is 1. The summed E-state index contributed by atoms with van der Waals surface area (Å²) in [6.07, 6.45) is 9.86. The van der Waals surface area contributed by atoms with Crippen molar-refractivity contribution in [1.29, 1.82) is 5.41 Å². The van der Waals surface area contributed by atoms with Gasteiger partial charge in [0.1, 0.15) is 0 Å². The standard InChI is InChI=1S/C17H20FN3.CH4S/c1-4-5-8-21-17-9-14(11-19)16(20)10-15(17)12(2)6-7-13(3)18;1-2/h4-5,7-11,19,21H,1-2,6,20H2,3H3;2H,1H3/b8-5+,13-7+,19-11?;. The molecule has 4 N–H and O–H groups in total. The zero-order valence-corrected chi connectivity index (χ0v) is 14.5. The molecule has 1 rings (SSSR count). The van der Waals surface area contributed by atoms with Gasteiger partial charge in [0.25, 0.3) is 0 Å². The molecule has 3 nitrogen and oxygen atoms in total. The van der Waals surface area contributed by atoms with Gasteiger partial charge >= 0.3 is 0 Å². The Labute approximate surface area is 143 Å². The summed E-state index contributed by atoms with van der Waals surface area (Å²) in [6, 6.07) is 3.51. The van der Waals surface area contributed by atoms with E-state index in [1.54, 1.807) is 36.7 Å². The summed E-state index contributed by atoms with van der Waals surface area (Å²) >= 11 is 3.53. The molecule has 0 aliphatic carbocycles. The number of nitrogen functional groups attached to an aromatic ring is 1. The molecule has 5 heteroatoms. The maximum absolute atomic E-state index is 12.9. The zero-order chi connectivity index (χ0) is 17.8. The van der Waals surface area contributed by atoms with Crippen molar-refractivity contribution < 1.29 is 4.39 Å². The fraction of sp³-hybridized carbons (Fsp3) is 0.167. The van der Waals surface area contributed by atoms with Gasteiger partial charge in [0.15, 0.2) is 0 Å². The van der Waals surface area contributed by atoms with Crippen LogP contribution in [0.4, 0.5) is 15.8 Å². The Kier molecular flexibility index (Phi) is 10.2. The number of halogens is 1. The highest BCUT2D eigenvalue weighted by molar-refractivity contribution is 7.79. The molecule has 0 heterocycles. The topological polar surface area (TPSA) is 61.9 Å². The van der Waals surface area contributed by atoms with Crippen molar-refractivity contribution in [1.82, 2.24) is 0 Å². The van der Waals surface area contributed by atoms with Gasteiger partial charge in [0.2, 0.25) is 0 Å². The molecule has 0 aliphatic rings. The van der Waals surface area contributed by atoms with Crippen LogP contribution in [0, 0.1) is 5.41 Å². The molecule has 1 aromatic carbocycles. The SMILES string of the molecule is C=C/C=C/Nc1cc(C=N)c(N)cc1C(=C)C/C=C(\C)F.CS. The van der Waals surface area contributed by atoms with E-state index in [0.29, 0.717) is 17.7 Å². The number of allylic oxidation sites excluding steroid dienone is 5. The lowest BCUT2D eigenvalue weighted by Crippen LogP contribution is -2.00. The predicted molar refractivity (Wildman–Crippen MR) is 105 cm³/mol. The van der Waals surface area contributed by atoms with Gasteiger partial charge in [-0.05, 0) is 49.5 Å². The van der Waals surface area contributed by atoms with Crippen LogP contribution >= 0.6 is 12.6 Å². The van der Waals surface area contributed by atoms with Gasteiger partial charge in [0, 0.05) is 34.9 Å². The highest BCUT2D eigenvalue weighted by Crippen LogP contribution is 2.30. The normalized spacial score (nSPS) is 10.7. The van der Waals surface area contributed by atoms with Crippen molar-refractivity contribution >= 4 is 35.8 Å². The molecule has 0 saturated carbocycles. The Morgan fingerprint density at radius 3 is 2.61 bits per heavy atom. The van der Waals surface area contributed by atoms with Gasteiger partial charge < -0.3 is 16.5 Å². The third kappa shape index (κ3) is 7.02. The lowest BCUT2D eigenvalue weighted by Gasteiger charge is -2.14. The molecule has 0 saturated heterocycles. The molecule has 0 atom stereocenters. The number of hydrogen-bond donors (Lipinski definition) is 4. The molecule has 0 spiro atoms. The van der Waals surface area contributed by atoms with Crippen LogP contribution in [0.1, 0.15) is 24.5 Å².